The molecule has 2 aromatic rings. The van der Waals surface area contributed by atoms with Crippen LogP contribution >= 0.6 is 0 Å². The first kappa shape index (κ1) is 17.4. The molecule has 6 heteroatoms. The van der Waals surface area contributed by atoms with Crippen molar-refractivity contribution in [3.05, 3.63) is 77.0 Å². The van der Waals surface area contributed by atoms with Crippen LogP contribution in [0.2, 0.25) is 0 Å². The van der Waals surface area contributed by atoms with E-state index in [0.29, 0.717) is 5.69 Å². The number of carbonyl (C=O) groups is 1. The molecule has 1 heterocycles. The van der Waals surface area contributed by atoms with Crippen LogP contribution in [0.3, 0.4) is 0 Å². The molecule has 2 aromatic carbocycles. The maximum absolute atomic E-state index is 13.2. The van der Waals surface area contributed by atoms with Crippen LogP contribution in [0.25, 0.3) is 0 Å². The summed E-state index contributed by atoms with van der Waals surface area (Å²) in [4.78, 5) is 14.3. The van der Waals surface area contributed by atoms with Gasteiger partial charge in [0.25, 0.3) is 0 Å². The van der Waals surface area contributed by atoms with Crippen molar-refractivity contribution < 1.29 is 17.6 Å². The second-order valence-electron chi connectivity index (χ2n) is 6.13. The van der Waals surface area contributed by atoms with Crippen molar-refractivity contribution in [2.24, 2.45) is 0 Å². The van der Waals surface area contributed by atoms with Gasteiger partial charge in [0.2, 0.25) is 5.91 Å². The average Bonchev–Trinajstić information content (AvgIpc) is 2.89. The van der Waals surface area contributed by atoms with Gasteiger partial charge in [-0.1, -0.05) is 29.8 Å². The molecular weight excluding hydrogens is 341 g/mol. The van der Waals surface area contributed by atoms with Gasteiger partial charge in [0.05, 0.1) is 18.2 Å². The van der Waals surface area contributed by atoms with Gasteiger partial charge >= 0.3 is 0 Å². The summed E-state index contributed by atoms with van der Waals surface area (Å²) in [5, 5.41) is 1.13. The number of nitrogens with zero attached hydrogens (tertiary/aromatic N) is 1. The molecule has 1 atom stereocenters. The number of hydrogen-bond acceptors (Lipinski definition) is 3. The van der Waals surface area contributed by atoms with Crippen molar-refractivity contribution >= 4 is 21.4 Å². The van der Waals surface area contributed by atoms with Crippen LogP contribution in [0.15, 0.2) is 60.0 Å². The number of aryl methyl sites for hydroxylation is 1. The summed E-state index contributed by atoms with van der Waals surface area (Å²) in [5.74, 6) is -0.808. The summed E-state index contributed by atoms with van der Waals surface area (Å²) >= 11 is 0. The molecule has 0 bridgehead atoms. The van der Waals surface area contributed by atoms with Crippen LogP contribution < -0.4 is 4.90 Å². The van der Waals surface area contributed by atoms with Gasteiger partial charge in [0.1, 0.15) is 5.82 Å². The normalized spacial score (nSPS) is 18.2. The minimum atomic E-state index is -3.32. The lowest BCUT2D eigenvalue weighted by molar-refractivity contribution is -0.118. The van der Waals surface area contributed by atoms with E-state index in [4.69, 9.17) is 0 Å². The summed E-state index contributed by atoms with van der Waals surface area (Å²) < 4.78 is 36.8. The predicted octanol–water partition coefficient (Wildman–Crippen LogP) is 3.02. The monoisotopic (exact) mass is 359 g/mol. The van der Waals surface area contributed by atoms with Crippen LogP contribution in [0.4, 0.5) is 10.1 Å². The molecule has 0 saturated heterocycles. The number of sulfone groups is 1. The van der Waals surface area contributed by atoms with Gasteiger partial charge < -0.3 is 4.90 Å². The molecule has 130 valence electrons. The van der Waals surface area contributed by atoms with E-state index in [1.54, 1.807) is 0 Å². The van der Waals surface area contributed by atoms with Gasteiger partial charge in [-0.2, -0.15) is 0 Å². The maximum Gasteiger partial charge on any atom is 0.231 e. The number of anilines is 1. The summed E-state index contributed by atoms with van der Waals surface area (Å²) in [5.41, 5.74) is 2.37. The van der Waals surface area contributed by atoms with Gasteiger partial charge in [-0.05, 0) is 42.8 Å². The fraction of sp³-hybridized carbons (Fsp3) is 0.211. The highest BCUT2D eigenvalue weighted by atomic mass is 32.2. The van der Waals surface area contributed by atoms with Crippen molar-refractivity contribution in [2.75, 3.05) is 10.7 Å². The minimum absolute atomic E-state index is 0.142. The molecule has 1 aliphatic heterocycles. The minimum Gasteiger partial charge on any atom is -0.304 e. The van der Waals surface area contributed by atoms with Crippen LogP contribution in [0.1, 0.15) is 11.1 Å². The summed E-state index contributed by atoms with van der Waals surface area (Å²) in [6, 6.07) is 12.5. The zero-order valence-electron chi connectivity index (χ0n) is 13.7. The fourth-order valence-corrected chi connectivity index (χ4v) is 4.19. The zero-order chi connectivity index (χ0) is 18.0. The van der Waals surface area contributed by atoms with Crippen molar-refractivity contribution in [3.63, 3.8) is 0 Å². The Morgan fingerprint density at radius 2 is 1.92 bits per heavy atom. The predicted molar refractivity (Wildman–Crippen MR) is 95.5 cm³/mol. The van der Waals surface area contributed by atoms with E-state index in [0.717, 1.165) is 16.5 Å². The Morgan fingerprint density at radius 1 is 1.20 bits per heavy atom. The molecule has 0 unspecified atom stereocenters. The Kier molecular flexibility index (Phi) is 4.72. The van der Waals surface area contributed by atoms with E-state index in [1.807, 2.05) is 31.2 Å². The third-order valence-corrected chi connectivity index (χ3v) is 5.43. The number of benzene rings is 2. The summed E-state index contributed by atoms with van der Waals surface area (Å²) in [6.07, 6.45) is 1.65. The lowest BCUT2D eigenvalue weighted by Crippen LogP contribution is -2.42. The first-order valence-electron chi connectivity index (χ1n) is 7.88. The molecule has 1 amide bonds. The molecule has 0 N–H and O–H groups in total. The van der Waals surface area contributed by atoms with Crippen LogP contribution in [0, 0.1) is 12.7 Å². The van der Waals surface area contributed by atoms with Crippen molar-refractivity contribution in [1.29, 1.82) is 0 Å². The molecule has 0 spiro atoms. The highest BCUT2D eigenvalue weighted by molar-refractivity contribution is 7.94. The van der Waals surface area contributed by atoms with Crippen LogP contribution in [-0.4, -0.2) is 26.1 Å². The molecule has 4 nitrogen and oxygen atoms in total. The van der Waals surface area contributed by atoms with E-state index in [2.05, 4.69) is 0 Å². The SMILES string of the molecule is Cc1cccc(CC(=O)N(c2ccc(F)cc2)[C@@H]2C=CS(=O)(=O)C2)c1. The molecular formula is C19H18FNO3S. The molecule has 0 fully saturated rings. The van der Waals surface area contributed by atoms with Gasteiger partial charge in [-0.25, -0.2) is 12.8 Å². The van der Waals surface area contributed by atoms with Gasteiger partial charge in [0.15, 0.2) is 9.84 Å². The number of carbonyl (C=O) groups excluding carboxylic acids is 1. The topological polar surface area (TPSA) is 54.5 Å². The molecule has 0 aliphatic carbocycles. The van der Waals surface area contributed by atoms with Gasteiger partial charge in [-0.3, -0.25) is 4.79 Å². The first-order valence-corrected chi connectivity index (χ1v) is 9.60. The highest BCUT2D eigenvalue weighted by Crippen LogP contribution is 2.24. The number of rotatable bonds is 4. The van der Waals surface area contributed by atoms with E-state index in [9.17, 15) is 17.6 Å². The molecule has 0 radical (unpaired) electrons. The lowest BCUT2D eigenvalue weighted by atomic mass is 10.1. The molecule has 0 saturated carbocycles. The quantitative estimate of drug-likeness (QED) is 0.843. The third kappa shape index (κ3) is 4.14. The fourth-order valence-electron chi connectivity index (χ4n) is 2.92. The number of halogens is 1. The Morgan fingerprint density at radius 3 is 2.52 bits per heavy atom. The maximum atomic E-state index is 13.2. The van der Waals surface area contributed by atoms with Crippen molar-refractivity contribution in [2.45, 2.75) is 19.4 Å². The van der Waals surface area contributed by atoms with E-state index in [-0.39, 0.29) is 18.1 Å². The number of amides is 1. The molecule has 0 aromatic heterocycles. The average molecular weight is 359 g/mol. The highest BCUT2D eigenvalue weighted by Gasteiger charge is 2.31. The summed E-state index contributed by atoms with van der Waals surface area (Å²) in [7, 11) is -3.32. The van der Waals surface area contributed by atoms with Crippen molar-refractivity contribution in [1.82, 2.24) is 0 Å². The Balaban J connectivity index is 1.92. The Hall–Kier alpha value is -2.47. The van der Waals surface area contributed by atoms with Gasteiger partial charge in [-0.15, -0.1) is 0 Å². The standard InChI is InChI=1S/C19H18FNO3S/c1-14-3-2-4-15(11-14)12-19(22)21(17-7-5-16(20)6-8-17)18-9-10-25(23,24)13-18/h2-11,18H,12-13H2,1H3/t18-/m1/s1. The third-order valence-electron chi connectivity index (χ3n) is 4.05. The second-order valence-corrected chi connectivity index (χ2v) is 8.06. The Bertz CT molecular complexity index is 920. The largest absolute Gasteiger partial charge is 0.304 e. The van der Waals surface area contributed by atoms with E-state index in [1.165, 1.54) is 35.2 Å². The summed E-state index contributed by atoms with van der Waals surface area (Å²) in [6.45, 7) is 1.94. The van der Waals surface area contributed by atoms with E-state index >= 15 is 0 Å². The first-order chi connectivity index (χ1) is 11.8. The molecule has 3 rings (SSSR count). The zero-order valence-corrected chi connectivity index (χ0v) is 14.5. The van der Waals surface area contributed by atoms with Crippen molar-refractivity contribution in [3.8, 4) is 0 Å². The van der Waals surface area contributed by atoms with E-state index < -0.39 is 21.7 Å². The molecule has 25 heavy (non-hydrogen) atoms. The number of hydrogen-bond donors (Lipinski definition) is 0. The van der Waals surface area contributed by atoms with Gasteiger partial charge in [0, 0.05) is 11.1 Å². The lowest BCUT2D eigenvalue weighted by Gasteiger charge is -2.28. The molecule has 1 aliphatic rings. The Labute approximate surface area is 146 Å². The van der Waals surface area contributed by atoms with Crippen LogP contribution in [-0.2, 0) is 21.1 Å². The smallest absolute Gasteiger partial charge is 0.231 e. The second kappa shape index (κ2) is 6.80. The van der Waals surface area contributed by atoms with Crippen LogP contribution in [0.5, 0.6) is 0 Å².